The van der Waals surface area contributed by atoms with Gasteiger partial charge >= 0.3 is 0 Å². The summed E-state index contributed by atoms with van der Waals surface area (Å²) in [4.78, 5) is 17.3. The minimum Gasteiger partial charge on any atom is -0.347 e. The van der Waals surface area contributed by atoms with Crippen molar-refractivity contribution in [2.75, 3.05) is 11.5 Å². The lowest BCUT2D eigenvalue weighted by Gasteiger charge is -2.09. The minimum absolute atomic E-state index is 0.0299. The summed E-state index contributed by atoms with van der Waals surface area (Å²) in [5, 5.41) is 3.60. The van der Waals surface area contributed by atoms with Gasteiger partial charge in [0.25, 0.3) is 5.91 Å². The molecule has 1 aliphatic rings. The van der Waals surface area contributed by atoms with Crippen LogP contribution in [0.25, 0.3) is 10.6 Å². The molecule has 22 heavy (non-hydrogen) atoms. The van der Waals surface area contributed by atoms with Crippen molar-refractivity contribution in [2.45, 2.75) is 19.4 Å². The first-order valence-corrected chi connectivity index (χ1v) is 9.62. The number of hydrogen-bond acceptors (Lipinski definition) is 5. The van der Waals surface area contributed by atoms with E-state index in [4.69, 9.17) is 0 Å². The number of aryl methyl sites for hydroxylation is 1. The minimum atomic E-state index is -3.00. The smallest absolute Gasteiger partial charge is 0.263 e. The third kappa shape index (κ3) is 3.20. The number of hydrogen-bond donors (Lipinski definition) is 1. The van der Waals surface area contributed by atoms with Gasteiger partial charge in [0.2, 0.25) is 0 Å². The van der Waals surface area contributed by atoms with E-state index in [-0.39, 0.29) is 23.5 Å². The summed E-state index contributed by atoms with van der Waals surface area (Å²) in [5.74, 6) is -0.0592. The van der Waals surface area contributed by atoms with E-state index in [9.17, 15) is 13.2 Å². The molecule has 116 valence electrons. The molecule has 0 aliphatic carbocycles. The number of carbonyl (C=O) groups excluding carboxylic acids is 1. The number of nitrogens with zero attached hydrogens (tertiary/aromatic N) is 1. The Hall–Kier alpha value is -1.73. The van der Waals surface area contributed by atoms with Crippen LogP contribution in [0.1, 0.15) is 21.8 Å². The first-order chi connectivity index (χ1) is 10.4. The van der Waals surface area contributed by atoms with Crippen LogP contribution in [0.15, 0.2) is 30.3 Å². The van der Waals surface area contributed by atoms with Gasteiger partial charge in [0.15, 0.2) is 9.84 Å². The van der Waals surface area contributed by atoms with Crippen molar-refractivity contribution in [1.82, 2.24) is 10.3 Å². The molecule has 1 saturated heterocycles. The Morgan fingerprint density at radius 2 is 2.05 bits per heavy atom. The highest BCUT2D eigenvalue weighted by molar-refractivity contribution is 7.91. The largest absolute Gasteiger partial charge is 0.347 e. The molecule has 1 N–H and O–H groups in total. The highest BCUT2D eigenvalue weighted by atomic mass is 32.2. The zero-order valence-electron chi connectivity index (χ0n) is 12.1. The molecule has 1 atom stereocenters. The zero-order chi connectivity index (χ0) is 15.7. The van der Waals surface area contributed by atoms with Crippen LogP contribution in [0.3, 0.4) is 0 Å². The normalized spacial score (nSPS) is 20.0. The summed E-state index contributed by atoms with van der Waals surface area (Å²) in [5.41, 5.74) is 1.64. The lowest BCUT2D eigenvalue weighted by Crippen LogP contribution is -2.35. The maximum Gasteiger partial charge on any atom is 0.263 e. The van der Waals surface area contributed by atoms with Gasteiger partial charge in [-0.25, -0.2) is 13.4 Å². The number of amides is 1. The average Bonchev–Trinajstić information content (AvgIpc) is 3.02. The molecule has 1 amide bonds. The molecule has 0 saturated carbocycles. The van der Waals surface area contributed by atoms with E-state index in [0.29, 0.717) is 17.0 Å². The SMILES string of the molecule is Cc1nc(-c2ccccc2)sc1C(=O)N[C@@H]1CCS(=O)(=O)C1. The Bertz CT molecular complexity index is 797. The van der Waals surface area contributed by atoms with Gasteiger partial charge in [0.05, 0.1) is 17.2 Å². The summed E-state index contributed by atoms with van der Waals surface area (Å²) in [6, 6.07) is 9.38. The van der Waals surface area contributed by atoms with Gasteiger partial charge in [-0.15, -0.1) is 11.3 Å². The van der Waals surface area contributed by atoms with Crippen LogP contribution in [0.2, 0.25) is 0 Å². The third-order valence-electron chi connectivity index (χ3n) is 3.59. The van der Waals surface area contributed by atoms with Crippen LogP contribution in [0.4, 0.5) is 0 Å². The molecule has 0 radical (unpaired) electrons. The molecule has 0 unspecified atom stereocenters. The topological polar surface area (TPSA) is 76.1 Å². The van der Waals surface area contributed by atoms with E-state index in [1.807, 2.05) is 30.3 Å². The number of carbonyl (C=O) groups is 1. The van der Waals surface area contributed by atoms with Gasteiger partial charge in [0, 0.05) is 11.6 Å². The maximum absolute atomic E-state index is 12.3. The monoisotopic (exact) mass is 336 g/mol. The summed E-state index contributed by atoms with van der Waals surface area (Å²) in [7, 11) is -3.00. The number of aromatic nitrogens is 1. The van der Waals surface area contributed by atoms with Crippen molar-refractivity contribution in [3.63, 3.8) is 0 Å². The lowest BCUT2D eigenvalue weighted by molar-refractivity contribution is 0.0944. The fraction of sp³-hybridized carbons (Fsp3) is 0.333. The van der Waals surface area contributed by atoms with E-state index < -0.39 is 9.84 Å². The van der Waals surface area contributed by atoms with E-state index in [1.54, 1.807) is 6.92 Å². The molecular formula is C15H16N2O3S2. The highest BCUT2D eigenvalue weighted by Crippen LogP contribution is 2.28. The van der Waals surface area contributed by atoms with Crippen LogP contribution in [-0.2, 0) is 9.84 Å². The van der Waals surface area contributed by atoms with Gasteiger partial charge in [0.1, 0.15) is 9.88 Å². The van der Waals surface area contributed by atoms with E-state index in [2.05, 4.69) is 10.3 Å². The number of nitrogens with one attached hydrogen (secondary N) is 1. The lowest BCUT2D eigenvalue weighted by atomic mass is 10.2. The fourth-order valence-electron chi connectivity index (χ4n) is 2.47. The molecule has 1 fully saturated rings. The van der Waals surface area contributed by atoms with Crippen LogP contribution in [0, 0.1) is 6.92 Å². The summed E-state index contributed by atoms with van der Waals surface area (Å²) >= 11 is 1.33. The second-order valence-corrected chi connectivity index (χ2v) is 8.60. The summed E-state index contributed by atoms with van der Waals surface area (Å²) < 4.78 is 22.9. The predicted molar refractivity (Wildman–Crippen MR) is 86.8 cm³/mol. The second kappa shape index (κ2) is 5.81. The highest BCUT2D eigenvalue weighted by Gasteiger charge is 2.30. The van der Waals surface area contributed by atoms with E-state index in [0.717, 1.165) is 10.6 Å². The Kier molecular flexibility index (Phi) is 4.01. The zero-order valence-corrected chi connectivity index (χ0v) is 13.7. The van der Waals surface area contributed by atoms with E-state index >= 15 is 0 Å². The van der Waals surface area contributed by atoms with Crippen molar-refractivity contribution in [3.05, 3.63) is 40.9 Å². The van der Waals surface area contributed by atoms with Crippen molar-refractivity contribution in [2.24, 2.45) is 0 Å². The van der Waals surface area contributed by atoms with Gasteiger partial charge in [-0.2, -0.15) is 0 Å². The quantitative estimate of drug-likeness (QED) is 0.930. The third-order valence-corrected chi connectivity index (χ3v) is 6.56. The molecule has 1 aliphatic heterocycles. The Balaban J connectivity index is 1.78. The second-order valence-electron chi connectivity index (χ2n) is 5.37. The van der Waals surface area contributed by atoms with Gasteiger partial charge in [-0.3, -0.25) is 4.79 Å². The van der Waals surface area contributed by atoms with E-state index in [1.165, 1.54) is 11.3 Å². The number of rotatable bonds is 3. The molecule has 1 aromatic heterocycles. The van der Waals surface area contributed by atoms with Crippen LogP contribution in [0.5, 0.6) is 0 Å². The van der Waals surface area contributed by atoms with Gasteiger partial charge in [-0.1, -0.05) is 30.3 Å². The Labute approximate surface area is 133 Å². The Morgan fingerprint density at radius 1 is 1.32 bits per heavy atom. The Morgan fingerprint density at radius 3 is 2.68 bits per heavy atom. The molecule has 3 rings (SSSR count). The molecule has 5 nitrogen and oxygen atoms in total. The fourth-order valence-corrected chi connectivity index (χ4v) is 5.12. The summed E-state index contributed by atoms with van der Waals surface area (Å²) in [6.07, 6.45) is 0.484. The molecule has 0 spiro atoms. The average molecular weight is 336 g/mol. The van der Waals surface area contributed by atoms with Crippen molar-refractivity contribution in [1.29, 1.82) is 0 Å². The molecule has 2 heterocycles. The van der Waals surface area contributed by atoms with Crippen LogP contribution >= 0.6 is 11.3 Å². The summed E-state index contributed by atoms with van der Waals surface area (Å²) in [6.45, 7) is 1.79. The molecule has 2 aromatic rings. The van der Waals surface area contributed by atoms with Crippen LogP contribution in [-0.4, -0.2) is 36.9 Å². The number of sulfone groups is 1. The number of thiazole rings is 1. The first-order valence-electron chi connectivity index (χ1n) is 6.99. The van der Waals surface area contributed by atoms with Crippen molar-refractivity contribution >= 4 is 27.1 Å². The van der Waals surface area contributed by atoms with Crippen molar-refractivity contribution in [3.8, 4) is 10.6 Å². The van der Waals surface area contributed by atoms with Gasteiger partial charge < -0.3 is 5.32 Å². The first kappa shape index (κ1) is 15.2. The molecular weight excluding hydrogens is 320 g/mol. The maximum atomic E-state index is 12.3. The molecule has 7 heteroatoms. The predicted octanol–water partition coefficient (Wildman–Crippen LogP) is 2.04. The van der Waals surface area contributed by atoms with Crippen molar-refractivity contribution < 1.29 is 13.2 Å². The molecule has 1 aromatic carbocycles. The standard InChI is InChI=1S/C15H16N2O3S2/c1-10-13(14(18)17-12-7-8-22(19,20)9-12)21-15(16-10)11-5-3-2-4-6-11/h2-6,12H,7-9H2,1H3,(H,17,18)/t12-/m1/s1. The van der Waals surface area contributed by atoms with Crippen LogP contribution < -0.4 is 5.32 Å². The number of benzene rings is 1. The van der Waals surface area contributed by atoms with Gasteiger partial charge in [-0.05, 0) is 13.3 Å². The molecule has 0 bridgehead atoms.